The largest absolute Gasteiger partial charge is 0.466 e. The molecular formula is C74H137NO10. The van der Waals surface area contributed by atoms with E-state index in [1.165, 1.54) is 257 Å². The monoisotopic (exact) mass is 1200 g/mol. The van der Waals surface area contributed by atoms with Gasteiger partial charge in [-0.3, -0.25) is 9.59 Å². The van der Waals surface area contributed by atoms with Crippen LogP contribution in [-0.4, -0.2) is 100 Å². The Labute approximate surface area is 523 Å². The van der Waals surface area contributed by atoms with Gasteiger partial charge in [0, 0.05) is 12.8 Å². The molecule has 7 atom stereocenters. The second-order valence-electron chi connectivity index (χ2n) is 25.3. The fourth-order valence-corrected chi connectivity index (χ4v) is 11.4. The van der Waals surface area contributed by atoms with Crippen LogP contribution in [0.3, 0.4) is 0 Å². The third-order valence-electron chi connectivity index (χ3n) is 17.1. The number of aliphatic hydroxyl groups is 5. The Morgan fingerprint density at radius 1 is 0.424 bits per heavy atom. The van der Waals surface area contributed by atoms with Gasteiger partial charge in [0.2, 0.25) is 5.91 Å². The minimum absolute atomic E-state index is 0.0119. The topological polar surface area (TPSA) is 175 Å². The molecule has 85 heavy (non-hydrogen) atoms. The number of ether oxygens (including phenoxy) is 3. The van der Waals surface area contributed by atoms with Crippen molar-refractivity contribution < 1.29 is 49.3 Å². The number of rotatable bonds is 64. The van der Waals surface area contributed by atoms with Crippen LogP contribution in [0.25, 0.3) is 0 Å². The van der Waals surface area contributed by atoms with Crippen LogP contribution in [-0.2, 0) is 23.8 Å². The number of nitrogens with one attached hydrogen (secondary N) is 1. The number of esters is 1. The smallest absolute Gasteiger partial charge is 0.305 e. The average Bonchev–Trinajstić information content (AvgIpc) is 3.30. The van der Waals surface area contributed by atoms with Gasteiger partial charge in [-0.05, 0) is 77.0 Å². The lowest BCUT2D eigenvalue weighted by Crippen LogP contribution is -2.60. The van der Waals surface area contributed by atoms with Crippen molar-refractivity contribution in [2.24, 2.45) is 0 Å². The van der Waals surface area contributed by atoms with E-state index in [2.05, 4.69) is 55.6 Å². The molecule has 1 saturated heterocycles. The fourth-order valence-electron chi connectivity index (χ4n) is 11.4. The Bertz CT molecular complexity index is 1550. The van der Waals surface area contributed by atoms with Gasteiger partial charge in [-0.1, -0.05) is 306 Å². The number of hydrogen-bond acceptors (Lipinski definition) is 10. The van der Waals surface area contributed by atoms with Crippen LogP contribution in [0.2, 0.25) is 0 Å². The molecule has 0 aliphatic carbocycles. The first kappa shape index (κ1) is 80.6. The van der Waals surface area contributed by atoms with Crippen LogP contribution >= 0.6 is 0 Å². The molecule has 0 bridgehead atoms. The molecule has 0 spiro atoms. The molecule has 1 aliphatic rings. The molecule has 1 aliphatic heterocycles. The van der Waals surface area contributed by atoms with Gasteiger partial charge in [-0.15, -0.1) is 0 Å². The minimum Gasteiger partial charge on any atom is -0.466 e. The summed E-state index contributed by atoms with van der Waals surface area (Å²) in [6.07, 6.45) is 72.7. The van der Waals surface area contributed by atoms with Crippen molar-refractivity contribution in [2.75, 3.05) is 19.8 Å². The maximum Gasteiger partial charge on any atom is 0.305 e. The first-order valence-electron chi connectivity index (χ1n) is 36.4. The third kappa shape index (κ3) is 52.1. The number of carbonyl (C=O) groups excluding carboxylic acids is 2. The van der Waals surface area contributed by atoms with Crippen LogP contribution in [0.1, 0.15) is 348 Å². The predicted octanol–water partition coefficient (Wildman–Crippen LogP) is 18.7. The number of unbranched alkanes of at least 4 members (excludes halogenated alkanes) is 44. The van der Waals surface area contributed by atoms with Crippen molar-refractivity contribution in [1.29, 1.82) is 0 Å². The zero-order valence-electron chi connectivity index (χ0n) is 55.3. The van der Waals surface area contributed by atoms with E-state index in [-0.39, 0.29) is 18.5 Å². The van der Waals surface area contributed by atoms with E-state index in [0.717, 1.165) is 64.2 Å². The Hall–Kier alpha value is -2.38. The van der Waals surface area contributed by atoms with E-state index in [9.17, 15) is 35.1 Å². The predicted molar refractivity (Wildman–Crippen MR) is 357 cm³/mol. The van der Waals surface area contributed by atoms with Gasteiger partial charge < -0.3 is 45.1 Å². The second-order valence-corrected chi connectivity index (χ2v) is 25.3. The SMILES string of the molecule is CCCC/C=C/CC/C=C/CC/C=C/C(O)C(COC1OC(CO)C(O)C(O)C1O)NC(=O)CCCCCCCCCCCCCCCCCCC/C=C\CCCCCCCCCCCCCCOC(=O)CCCCCCCCCCCCCC. The molecule has 0 aromatic heterocycles. The molecule has 498 valence electrons. The van der Waals surface area contributed by atoms with Crippen molar-refractivity contribution in [3.05, 3.63) is 48.6 Å². The van der Waals surface area contributed by atoms with Gasteiger partial charge in [0.15, 0.2) is 6.29 Å². The lowest BCUT2D eigenvalue weighted by atomic mass is 9.99. The van der Waals surface area contributed by atoms with Crippen LogP contribution in [0.5, 0.6) is 0 Å². The average molecular weight is 1200 g/mol. The van der Waals surface area contributed by atoms with Gasteiger partial charge in [-0.2, -0.15) is 0 Å². The summed E-state index contributed by atoms with van der Waals surface area (Å²) in [7, 11) is 0. The van der Waals surface area contributed by atoms with E-state index in [0.29, 0.717) is 19.4 Å². The summed E-state index contributed by atoms with van der Waals surface area (Å²) < 4.78 is 16.7. The minimum atomic E-state index is -1.58. The molecule has 0 saturated carbocycles. The molecule has 11 nitrogen and oxygen atoms in total. The number of hydrogen-bond donors (Lipinski definition) is 6. The summed E-state index contributed by atoms with van der Waals surface area (Å²) in [5.74, 6) is -0.181. The van der Waals surface area contributed by atoms with E-state index in [1.54, 1.807) is 6.08 Å². The molecule has 1 amide bonds. The van der Waals surface area contributed by atoms with Gasteiger partial charge in [0.25, 0.3) is 0 Å². The molecule has 1 heterocycles. The number of allylic oxidation sites excluding steroid dienone is 7. The van der Waals surface area contributed by atoms with Crippen molar-refractivity contribution in [1.82, 2.24) is 5.32 Å². The maximum absolute atomic E-state index is 13.1. The zero-order valence-corrected chi connectivity index (χ0v) is 55.3. The molecule has 0 radical (unpaired) electrons. The molecule has 7 unspecified atom stereocenters. The maximum atomic E-state index is 13.1. The molecule has 0 aromatic carbocycles. The highest BCUT2D eigenvalue weighted by Gasteiger charge is 2.44. The Balaban J connectivity index is 1.94. The Morgan fingerprint density at radius 3 is 1.20 bits per heavy atom. The number of carbonyl (C=O) groups is 2. The first-order chi connectivity index (χ1) is 41.7. The normalized spacial score (nSPS) is 18.2. The standard InChI is InChI=1S/C74H137NO10/c1-3-5-7-9-11-13-15-40-44-48-52-56-60-67(77)66(65-84-74-73(82)72(81)71(80)68(64-76)85-74)75-69(78)61-57-53-49-45-41-38-36-34-32-30-28-26-24-22-20-18-17-19-21-23-25-27-29-31-33-35-37-39-43-47-51-55-59-63-83-70(79)62-58-54-50-46-42-16-14-12-10-8-6-4-2/h9,11,21,23,40,44,56,60,66-68,71-74,76-77,80-82H,3-8,10,12-20,22,24-39,41-43,45-55,57-59,61-65H2,1-2H3,(H,75,78)/b11-9+,23-21-,44-40+,60-56+. The molecule has 0 aromatic rings. The van der Waals surface area contributed by atoms with Gasteiger partial charge in [-0.25, -0.2) is 0 Å². The summed E-state index contributed by atoms with van der Waals surface area (Å²) in [6, 6.07) is -0.832. The first-order valence-corrected chi connectivity index (χ1v) is 36.4. The quantitative estimate of drug-likeness (QED) is 0.0195. The summed E-state index contributed by atoms with van der Waals surface area (Å²) in [5.41, 5.74) is 0. The lowest BCUT2D eigenvalue weighted by molar-refractivity contribution is -0.302. The molecular weight excluding hydrogens is 1060 g/mol. The highest BCUT2D eigenvalue weighted by atomic mass is 16.7. The van der Waals surface area contributed by atoms with Crippen LogP contribution in [0, 0.1) is 0 Å². The van der Waals surface area contributed by atoms with Crippen molar-refractivity contribution >= 4 is 11.9 Å². The van der Waals surface area contributed by atoms with Crippen LogP contribution in [0.15, 0.2) is 48.6 Å². The summed E-state index contributed by atoms with van der Waals surface area (Å²) in [5, 5.41) is 54.4. The molecule has 6 N–H and O–H groups in total. The summed E-state index contributed by atoms with van der Waals surface area (Å²) in [6.45, 7) is 4.31. The Morgan fingerprint density at radius 2 is 0.776 bits per heavy atom. The number of aliphatic hydroxyl groups excluding tert-OH is 5. The van der Waals surface area contributed by atoms with E-state index in [1.807, 2.05) is 6.08 Å². The second kappa shape index (κ2) is 63.2. The van der Waals surface area contributed by atoms with Crippen molar-refractivity contribution in [3.8, 4) is 0 Å². The van der Waals surface area contributed by atoms with Gasteiger partial charge in [0.05, 0.1) is 32.0 Å². The highest BCUT2D eigenvalue weighted by Crippen LogP contribution is 2.23. The third-order valence-corrected chi connectivity index (χ3v) is 17.1. The van der Waals surface area contributed by atoms with E-state index in [4.69, 9.17) is 14.2 Å². The molecule has 1 rings (SSSR count). The van der Waals surface area contributed by atoms with E-state index < -0.39 is 49.5 Å². The van der Waals surface area contributed by atoms with Crippen LogP contribution in [0.4, 0.5) is 0 Å². The van der Waals surface area contributed by atoms with Crippen molar-refractivity contribution in [2.45, 2.75) is 391 Å². The van der Waals surface area contributed by atoms with Gasteiger partial charge >= 0.3 is 5.97 Å². The summed E-state index contributed by atoms with van der Waals surface area (Å²) in [4.78, 5) is 25.1. The lowest BCUT2D eigenvalue weighted by Gasteiger charge is -2.40. The van der Waals surface area contributed by atoms with Crippen LogP contribution < -0.4 is 5.32 Å². The number of amides is 1. The highest BCUT2D eigenvalue weighted by molar-refractivity contribution is 5.76. The van der Waals surface area contributed by atoms with E-state index >= 15 is 0 Å². The zero-order chi connectivity index (χ0) is 61.6. The summed E-state index contributed by atoms with van der Waals surface area (Å²) >= 11 is 0. The fraction of sp³-hybridized carbons (Fsp3) is 0.865. The van der Waals surface area contributed by atoms with Crippen molar-refractivity contribution in [3.63, 3.8) is 0 Å². The Kier molecular flexibility index (Phi) is 60.0. The van der Waals surface area contributed by atoms with Gasteiger partial charge in [0.1, 0.15) is 24.4 Å². The molecule has 1 fully saturated rings. The molecule has 11 heteroatoms.